The van der Waals surface area contributed by atoms with E-state index in [1.165, 1.54) is 17.0 Å². The predicted octanol–water partition coefficient (Wildman–Crippen LogP) is 2.60. The molecule has 1 aromatic heterocycles. The fraction of sp³-hybridized carbons (Fsp3) is 0.444. The van der Waals surface area contributed by atoms with Crippen LogP contribution in [0, 0.1) is 16.0 Å². The molecule has 1 heterocycles. The molecule has 140 valence electrons. The highest BCUT2D eigenvalue weighted by molar-refractivity contribution is 5.86. The Balaban J connectivity index is 2.18. The highest BCUT2D eigenvalue weighted by Crippen LogP contribution is 2.22. The van der Waals surface area contributed by atoms with Crippen molar-refractivity contribution in [3.05, 3.63) is 40.6 Å². The third-order valence-corrected chi connectivity index (χ3v) is 3.83. The molecule has 0 saturated carbocycles. The van der Waals surface area contributed by atoms with Crippen LogP contribution in [-0.2, 0) is 20.9 Å². The average molecular weight is 361 g/mol. The molecule has 0 radical (unpaired) electrons. The molecule has 0 N–H and O–H groups in total. The molecule has 0 aliphatic carbocycles. The number of aromatic nitrogens is 1. The average Bonchev–Trinajstić information content (AvgIpc) is 2.96. The van der Waals surface area contributed by atoms with E-state index in [1.807, 2.05) is 13.8 Å². The van der Waals surface area contributed by atoms with Gasteiger partial charge in [-0.3, -0.25) is 19.7 Å². The molecule has 0 aliphatic rings. The van der Waals surface area contributed by atoms with Crippen molar-refractivity contribution >= 4 is 28.5 Å². The summed E-state index contributed by atoms with van der Waals surface area (Å²) in [5, 5.41) is 11.6. The van der Waals surface area contributed by atoms with Crippen LogP contribution in [0.4, 0.5) is 5.69 Å². The summed E-state index contributed by atoms with van der Waals surface area (Å²) in [6.07, 6.45) is 1.71. The Hall–Kier alpha value is -2.90. The maximum atomic E-state index is 12.7. The van der Waals surface area contributed by atoms with Gasteiger partial charge in [0.05, 0.1) is 11.5 Å². The van der Waals surface area contributed by atoms with Crippen molar-refractivity contribution in [2.45, 2.75) is 27.3 Å². The summed E-state index contributed by atoms with van der Waals surface area (Å²) in [7, 11) is 0. The van der Waals surface area contributed by atoms with E-state index in [4.69, 9.17) is 4.74 Å². The first-order chi connectivity index (χ1) is 12.3. The normalized spacial score (nSPS) is 10.9. The molecule has 8 heteroatoms. The number of fused-ring (bicyclic) bond motifs is 1. The summed E-state index contributed by atoms with van der Waals surface area (Å²) >= 11 is 0. The lowest BCUT2D eigenvalue weighted by Crippen LogP contribution is -2.40. The Morgan fingerprint density at radius 2 is 2.04 bits per heavy atom. The molecule has 0 bridgehead atoms. The van der Waals surface area contributed by atoms with E-state index in [1.54, 1.807) is 29.8 Å². The summed E-state index contributed by atoms with van der Waals surface area (Å²) in [5.74, 6) is -0.436. The molecule has 0 saturated heterocycles. The Morgan fingerprint density at radius 3 is 2.65 bits per heavy atom. The second-order valence-corrected chi connectivity index (χ2v) is 6.42. The van der Waals surface area contributed by atoms with Crippen molar-refractivity contribution < 1.29 is 19.2 Å². The minimum Gasteiger partial charge on any atom is -0.465 e. The Labute approximate surface area is 151 Å². The zero-order chi connectivity index (χ0) is 19.3. The van der Waals surface area contributed by atoms with Crippen LogP contribution in [0.15, 0.2) is 30.5 Å². The summed E-state index contributed by atoms with van der Waals surface area (Å²) < 4.78 is 6.66. The summed E-state index contributed by atoms with van der Waals surface area (Å²) in [5.41, 5.74) is 0.731. The van der Waals surface area contributed by atoms with E-state index in [2.05, 4.69) is 0 Å². The second-order valence-electron chi connectivity index (χ2n) is 6.42. The van der Waals surface area contributed by atoms with Crippen LogP contribution in [0.1, 0.15) is 20.8 Å². The molecule has 0 aliphatic heterocycles. The van der Waals surface area contributed by atoms with Gasteiger partial charge in [0, 0.05) is 35.8 Å². The van der Waals surface area contributed by atoms with E-state index in [0.29, 0.717) is 11.9 Å². The molecule has 2 aromatic rings. The molecule has 26 heavy (non-hydrogen) atoms. The maximum Gasteiger partial charge on any atom is 0.325 e. The quantitative estimate of drug-likeness (QED) is 0.409. The lowest BCUT2D eigenvalue weighted by Gasteiger charge is -2.24. The summed E-state index contributed by atoms with van der Waals surface area (Å²) in [6, 6.07) is 6.24. The first kappa shape index (κ1) is 19.4. The fourth-order valence-electron chi connectivity index (χ4n) is 2.74. The van der Waals surface area contributed by atoms with Crippen LogP contribution in [0.25, 0.3) is 10.9 Å². The van der Waals surface area contributed by atoms with Crippen LogP contribution >= 0.6 is 0 Å². The van der Waals surface area contributed by atoms with Gasteiger partial charge in [0.15, 0.2) is 0 Å². The fourth-order valence-corrected chi connectivity index (χ4v) is 2.74. The molecule has 0 fully saturated rings. The lowest BCUT2D eigenvalue weighted by molar-refractivity contribution is -0.384. The Kier molecular flexibility index (Phi) is 6.32. The number of nitrogens with zero attached hydrogens (tertiary/aromatic N) is 3. The van der Waals surface area contributed by atoms with E-state index in [0.717, 1.165) is 5.52 Å². The number of esters is 1. The largest absolute Gasteiger partial charge is 0.465 e. The van der Waals surface area contributed by atoms with Crippen molar-refractivity contribution in [1.29, 1.82) is 0 Å². The first-order valence-corrected chi connectivity index (χ1v) is 8.48. The molecule has 8 nitrogen and oxygen atoms in total. The van der Waals surface area contributed by atoms with E-state index >= 15 is 0 Å². The Morgan fingerprint density at radius 1 is 1.31 bits per heavy atom. The summed E-state index contributed by atoms with van der Waals surface area (Å²) in [6.45, 7) is 6.33. The number of rotatable bonds is 8. The number of hydrogen-bond acceptors (Lipinski definition) is 5. The number of nitro groups is 1. The molecule has 0 spiro atoms. The minimum absolute atomic E-state index is 0.00493. The molecule has 0 atom stereocenters. The number of hydrogen-bond donors (Lipinski definition) is 0. The van der Waals surface area contributed by atoms with Gasteiger partial charge in [0.25, 0.3) is 5.69 Å². The van der Waals surface area contributed by atoms with Gasteiger partial charge in [-0.15, -0.1) is 0 Å². The smallest absolute Gasteiger partial charge is 0.325 e. The number of nitro benzene ring substituents is 1. The standard InChI is InChI=1S/C18H23N3O5/c1-4-26-18(23)12-20(10-13(2)3)17(22)11-19-8-7-14-9-15(21(24)25)5-6-16(14)19/h5-9,13H,4,10-12H2,1-3H3. The number of non-ortho nitro benzene ring substituents is 1. The van der Waals surface area contributed by atoms with E-state index in [-0.39, 0.29) is 37.2 Å². The predicted molar refractivity (Wildman–Crippen MR) is 96.6 cm³/mol. The number of ether oxygens (including phenoxy) is 1. The number of amides is 1. The maximum absolute atomic E-state index is 12.7. The van der Waals surface area contributed by atoms with E-state index in [9.17, 15) is 19.7 Å². The number of carbonyl (C=O) groups is 2. The van der Waals surface area contributed by atoms with Gasteiger partial charge in [-0.05, 0) is 25.0 Å². The van der Waals surface area contributed by atoms with Gasteiger partial charge in [0.1, 0.15) is 13.1 Å². The van der Waals surface area contributed by atoms with Gasteiger partial charge in [-0.2, -0.15) is 0 Å². The van der Waals surface area contributed by atoms with Gasteiger partial charge < -0.3 is 14.2 Å². The van der Waals surface area contributed by atoms with E-state index < -0.39 is 10.9 Å². The molecule has 1 aromatic carbocycles. The highest BCUT2D eigenvalue weighted by atomic mass is 16.6. The van der Waals surface area contributed by atoms with Crippen molar-refractivity contribution in [3.63, 3.8) is 0 Å². The molecule has 1 amide bonds. The third-order valence-electron chi connectivity index (χ3n) is 3.83. The van der Waals surface area contributed by atoms with Gasteiger partial charge in [0.2, 0.25) is 5.91 Å². The molecule has 2 rings (SSSR count). The number of carbonyl (C=O) groups excluding carboxylic acids is 2. The SMILES string of the molecule is CCOC(=O)CN(CC(C)C)C(=O)Cn1ccc2cc([N+](=O)[O-])ccc21. The topological polar surface area (TPSA) is 94.7 Å². The zero-order valence-electron chi connectivity index (χ0n) is 15.2. The number of benzene rings is 1. The van der Waals surface area contributed by atoms with Crippen molar-refractivity contribution in [2.24, 2.45) is 5.92 Å². The molecular formula is C18H23N3O5. The minimum atomic E-state index is -0.453. The van der Waals surface area contributed by atoms with Gasteiger partial charge in [-0.1, -0.05) is 13.8 Å². The van der Waals surface area contributed by atoms with Crippen molar-refractivity contribution in [2.75, 3.05) is 19.7 Å². The second kappa shape index (κ2) is 8.46. The van der Waals surface area contributed by atoms with Crippen molar-refractivity contribution in [1.82, 2.24) is 9.47 Å². The highest BCUT2D eigenvalue weighted by Gasteiger charge is 2.20. The van der Waals surface area contributed by atoms with Gasteiger partial charge in [-0.25, -0.2) is 0 Å². The third kappa shape index (κ3) is 4.81. The van der Waals surface area contributed by atoms with Crippen LogP contribution < -0.4 is 0 Å². The zero-order valence-corrected chi connectivity index (χ0v) is 15.2. The first-order valence-electron chi connectivity index (χ1n) is 8.48. The van der Waals surface area contributed by atoms with Gasteiger partial charge >= 0.3 is 5.97 Å². The monoisotopic (exact) mass is 361 g/mol. The molecule has 0 unspecified atom stereocenters. The van der Waals surface area contributed by atoms with Crippen LogP contribution in [0.2, 0.25) is 0 Å². The van der Waals surface area contributed by atoms with Crippen LogP contribution in [-0.4, -0.2) is 46.0 Å². The lowest BCUT2D eigenvalue weighted by atomic mass is 10.2. The van der Waals surface area contributed by atoms with Crippen LogP contribution in [0.3, 0.4) is 0 Å². The van der Waals surface area contributed by atoms with Crippen molar-refractivity contribution in [3.8, 4) is 0 Å². The Bertz CT molecular complexity index is 812. The molecular weight excluding hydrogens is 338 g/mol. The summed E-state index contributed by atoms with van der Waals surface area (Å²) in [4.78, 5) is 36.4. The van der Waals surface area contributed by atoms with Crippen LogP contribution in [0.5, 0.6) is 0 Å².